The molecule has 2 N–H and O–H groups in total. The standard InChI is InChI=1S/C26H20N2OS/c29-25(22-17-15-20(16-18-22)19-9-3-1-4-10-19)28-26(30)27-24-14-8-7-13-23(24)21-11-5-2-6-12-21/h1-18H,(H2,27,28,29,30). The number of carbonyl (C=O) groups excluding carboxylic acids is 1. The molecule has 0 radical (unpaired) electrons. The van der Waals surface area contributed by atoms with Gasteiger partial charge in [0, 0.05) is 16.8 Å². The van der Waals surface area contributed by atoms with Crippen molar-refractivity contribution < 1.29 is 4.79 Å². The maximum absolute atomic E-state index is 12.6. The monoisotopic (exact) mass is 408 g/mol. The van der Waals surface area contributed by atoms with Crippen molar-refractivity contribution in [3.8, 4) is 22.3 Å². The van der Waals surface area contributed by atoms with Crippen LogP contribution in [-0.2, 0) is 0 Å². The molecule has 0 unspecified atom stereocenters. The van der Waals surface area contributed by atoms with Crippen LogP contribution in [0.3, 0.4) is 0 Å². The summed E-state index contributed by atoms with van der Waals surface area (Å²) >= 11 is 5.38. The SMILES string of the molecule is O=C(NC(=S)Nc1ccccc1-c1ccccc1)c1ccc(-c2ccccc2)cc1. The summed E-state index contributed by atoms with van der Waals surface area (Å²) < 4.78 is 0. The molecule has 0 bridgehead atoms. The van der Waals surface area contributed by atoms with E-state index in [1.807, 2.05) is 97.1 Å². The van der Waals surface area contributed by atoms with Crippen molar-refractivity contribution in [3.05, 3.63) is 115 Å². The second-order valence-corrected chi connectivity index (χ2v) is 7.17. The van der Waals surface area contributed by atoms with E-state index in [0.29, 0.717) is 5.56 Å². The number of hydrogen-bond acceptors (Lipinski definition) is 2. The van der Waals surface area contributed by atoms with Crippen molar-refractivity contribution in [2.24, 2.45) is 0 Å². The van der Waals surface area contributed by atoms with Crippen LogP contribution in [0.2, 0.25) is 0 Å². The van der Waals surface area contributed by atoms with Crippen LogP contribution in [-0.4, -0.2) is 11.0 Å². The van der Waals surface area contributed by atoms with E-state index in [0.717, 1.165) is 27.9 Å². The molecule has 146 valence electrons. The van der Waals surface area contributed by atoms with E-state index >= 15 is 0 Å². The maximum atomic E-state index is 12.6. The average molecular weight is 409 g/mol. The molecule has 4 aromatic rings. The minimum Gasteiger partial charge on any atom is -0.332 e. The van der Waals surface area contributed by atoms with Gasteiger partial charge in [-0.15, -0.1) is 0 Å². The van der Waals surface area contributed by atoms with Gasteiger partial charge in [-0.2, -0.15) is 0 Å². The average Bonchev–Trinajstić information content (AvgIpc) is 2.80. The van der Waals surface area contributed by atoms with Crippen molar-refractivity contribution in [1.29, 1.82) is 0 Å². The van der Waals surface area contributed by atoms with Gasteiger partial charge in [0.25, 0.3) is 5.91 Å². The summed E-state index contributed by atoms with van der Waals surface area (Å²) in [7, 11) is 0. The van der Waals surface area contributed by atoms with E-state index in [1.54, 1.807) is 12.1 Å². The largest absolute Gasteiger partial charge is 0.332 e. The van der Waals surface area contributed by atoms with Crippen LogP contribution in [0.15, 0.2) is 109 Å². The number of para-hydroxylation sites is 1. The molecule has 0 atom stereocenters. The number of carbonyl (C=O) groups is 1. The quantitative estimate of drug-likeness (QED) is 0.398. The molecule has 1 amide bonds. The lowest BCUT2D eigenvalue weighted by Crippen LogP contribution is -2.34. The number of thiocarbonyl (C=S) groups is 1. The van der Waals surface area contributed by atoms with Gasteiger partial charge in [0.2, 0.25) is 0 Å². The molecule has 0 aliphatic heterocycles. The molecule has 4 aromatic carbocycles. The Kier molecular flexibility index (Phi) is 5.97. The van der Waals surface area contributed by atoms with Crippen molar-refractivity contribution in [2.45, 2.75) is 0 Å². The van der Waals surface area contributed by atoms with Crippen LogP contribution >= 0.6 is 12.2 Å². The Morgan fingerprint density at radius 1 is 0.600 bits per heavy atom. The fourth-order valence-corrected chi connectivity index (χ4v) is 3.44. The Bertz CT molecular complexity index is 1160. The normalized spacial score (nSPS) is 10.3. The summed E-state index contributed by atoms with van der Waals surface area (Å²) in [5.41, 5.74) is 5.65. The molecule has 0 aliphatic rings. The lowest BCUT2D eigenvalue weighted by atomic mass is 10.0. The van der Waals surface area contributed by atoms with Gasteiger partial charge in [0.05, 0.1) is 0 Å². The van der Waals surface area contributed by atoms with E-state index in [1.165, 1.54) is 0 Å². The van der Waals surface area contributed by atoms with Crippen LogP contribution in [0, 0.1) is 0 Å². The molecule has 30 heavy (non-hydrogen) atoms. The zero-order chi connectivity index (χ0) is 20.8. The van der Waals surface area contributed by atoms with Gasteiger partial charge in [0.1, 0.15) is 0 Å². The van der Waals surface area contributed by atoms with E-state index in [2.05, 4.69) is 10.6 Å². The summed E-state index contributed by atoms with van der Waals surface area (Å²) in [4.78, 5) is 12.6. The highest BCUT2D eigenvalue weighted by Crippen LogP contribution is 2.27. The van der Waals surface area contributed by atoms with E-state index < -0.39 is 0 Å². The summed E-state index contributed by atoms with van der Waals surface area (Å²) in [6.45, 7) is 0. The number of rotatable bonds is 4. The second kappa shape index (κ2) is 9.16. The van der Waals surface area contributed by atoms with Gasteiger partial charge in [0.15, 0.2) is 5.11 Å². The zero-order valence-electron chi connectivity index (χ0n) is 16.2. The number of hydrogen-bond donors (Lipinski definition) is 2. The Morgan fingerprint density at radius 2 is 1.13 bits per heavy atom. The molecule has 4 rings (SSSR count). The van der Waals surface area contributed by atoms with Gasteiger partial charge in [-0.05, 0) is 47.1 Å². The first-order valence-electron chi connectivity index (χ1n) is 9.63. The molecule has 4 heteroatoms. The summed E-state index contributed by atoms with van der Waals surface area (Å²) in [5, 5.41) is 6.17. The van der Waals surface area contributed by atoms with Crippen molar-refractivity contribution in [1.82, 2.24) is 5.32 Å². The first kappa shape index (κ1) is 19.6. The fourth-order valence-electron chi connectivity index (χ4n) is 3.24. The summed E-state index contributed by atoms with van der Waals surface area (Å²) in [5.74, 6) is -0.246. The van der Waals surface area contributed by atoms with Crippen LogP contribution in [0.1, 0.15) is 10.4 Å². The smallest absolute Gasteiger partial charge is 0.257 e. The summed E-state index contributed by atoms with van der Waals surface area (Å²) in [6.07, 6.45) is 0. The minimum atomic E-state index is -0.246. The van der Waals surface area contributed by atoms with Crippen LogP contribution < -0.4 is 10.6 Å². The third kappa shape index (κ3) is 4.62. The van der Waals surface area contributed by atoms with E-state index in [4.69, 9.17) is 12.2 Å². The maximum Gasteiger partial charge on any atom is 0.257 e. The van der Waals surface area contributed by atoms with Gasteiger partial charge < -0.3 is 5.32 Å². The molecular weight excluding hydrogens is 388 g/mol. The highest BCUT2D eigenvalue weighted by Gasteiger charge is 2.10. The first-order valence-corrected chi connectivity index (χ1v) is 10.0. The van der Waals surface area contributed by atoms with Crippen LogP contribution in [0.25, 0.3) is 22.3 Å². The van der Waals surface area contributed by atoms with Gasteiger partial charge in [-0.25, -0.2) is 0 Å². The molecule has 3 nitrogen and oxygen atoms in total. The molecule has 0 saturated carbocycles. The molecular formula is C26H20N2OS. The fraction of sp³-hybridized carbons (Fsp3) is 0. The molecule has 0 fully saturated rings. The van der Waals surface area contributed by atoms with Crippen LogP contribution in [0.5, 0.6) is 0 Å². The predicted molar refractivity (Wildman–Crippen MR) is 127 cm³/mol. The zero-order valence-corrected chi connectivity index (χ0v) is 17.0. The van der Waals surface area contributed by atoms with Gasteiger partial charge in [-0.3, -0.25) is 10.1 Å². The van der Waals surface area contributed by atoms with Crippen LogP contribution in [0.4, 0.5) is 5.69 Å². The molecule has 0 saturated heterocycles. The predicted octanol–water partition coefficient (Wildman–Crippen LogP) is 6.15. The highest BCUT2D eigenvalue weighted by molar-refractivity contribution is 7.80. The molecule has 0 aromatic heterocycles. The number of benzene rings is 4. The molecule has 0 spiro atoms. The Labute approximate surface area is 181 Å². The van der Waals surface area contributed by atoms with Crippen molar-refractivity contribution in [3.63, 3.8) is 0 Å². The Hall–Kier alpha value is -3.76. The van der Waals surface area contributed by atoms with E-state index in [-0.39, 0.29) is 11.0 Å². The Morgan fingerprint density at radius 3 is 1.80 bits per heavy atom. The highest BCUT2D eigenvalue weighted by atomic mass is 32.1. The third-order valence-electron chi connectivity index (χ3n) is 4.74. The Balaban J connectivity index is 1.44. The van der Waals surface area contributed by atoms with Crippen molar-refractivity contribution >= 4 is 28.9 Å². The van der Waals surface area contributed by atoms with Gasteiger partial charge >= 0.3 is 0 Å². The third-order valence-corrected chi connectivity index (χ3v) is 4.95. The number of nitrogens with one attached hydrogen (secondary N) is 2. The minimum absolute atomic E-state index is 0.246. The van der Waals surface area contributed by atoms with Gasteiger partial charge in [-0.1, -0.05) is 91.0 Å². The second-order valence-electron chi connectivity index (χ2n) is 6.76. The number of anilines is 1. The lowest BCUT2D eigenvalue weighted by molar-refractivity contribution is 0.0978. The molecule has 0 aliphatic carbocycles. The summed E-state index contributed by atoms with van der Waals surface area (Å²) in [6, 6.07) is 35.4. The number of amides is 1. The first-order chi connectivity index (χ1) is 14.7. The van der Waals surface area contributed by atoms with Crippen molar-refractivity contribution in [2.75, 3.05) is 5.32 Å². The van der Waals surface area contributed by atoms with E-state index in [9.17, 15) is 4.79 Å². The molecule has 0 heterocycles. The topological polar surface area (TPSA) is 41.1 Å². The lowest BCUT2D eigenvalue weighted by Gasteiger charge is -2.14.